The number of carbonyl (C=O) groups is 1. The number of hydrogen-bond donors (Lipinski definition) is 0. The van der Waals surface area contributed by atoms with Gasteiger partial charge in [0.1, 0.15) is 6.10 Å². The summed E-state index contributed by atoms with van der Waals surface area (Å²) in [6.07, 6.45) is 2.61. The fourth-order valence-corrected chi connectivity index (χ4v) is 2.46. The maximum atomic E-state index is 10.7. The van der Waals surface area contributed by atoms with Crippen molar-refractivity contribution in [3.8, 4) is 11.1 Å². The Kier molecular flexibility index (Phi) is 3.55. The van der Waals surface area contributed by atoms with Crippen molar-refractivity contribution in [1.82, 2.24) is 0 Å². The molecule has 0 N–H and O–H groups in total. The van der Waals surface area contributed by atoms with Gasteiger partial charge in [-0.25, -0.2) is 0 Å². The zero-order valence-corrected chi connectivity index (χ0v) is 11.6. The molecule has 1 aliphatic heterocycles. The number of cyclic esters (lactones) is 1. The highest BCUT2D eigenvalue weighted by Crippen LogP contribution is 2.22. The number of rotatable bonds is 4. The number of aryl methyl sites for hydroxylation is 2. The van der Waals surface area contributed by atoms with E-state index in [4.69, 9.17) is 4.74 Å². The molecule has 0 radical (unpaired) electrons. The Morgan fingerprint density at radius 2 is 1.55 bits per heavy atom. The quantitative estimate of drug-likeness (QED) is 0.784. The van der Waals surface area contributed by atoms with Crippen LogP contribution in [0.25, 0.3) is 11.1 Å². The Morgan fingerprint density at radius 3 is 2.10 bits per heavy atom. The molecule has 2 nitrogen and oxygen atoms in total. The molecule has 0 bridgehead atoms. The Labute approximate surface area is 119 Å². The van der Waals surface area contributed by atoms with Crippen LogP contribution in [0.1, 0.15) is 24.0 Å². The summed E-state index contributed by atoms with van der Waals surface area (Å²) in [7, 11) is 0. The van der Waals surface area contributed by atoms with Crippen LogP contribution in [0.15, 0.2) is 48.5 Å². The largest absolute Gasteiger partial charge is 0.462 e. The summed E-state index contributed by atoms with van der Waals surface area (Å²) in [6.45, 7) is 2.10. The first kappa shape index (κ1) is 12.9. The first-order chi connectivity index (χ1) is 9.70. The van der Waals surface area contributed by atoms with Crippen molar-refractivity contribution in [3.63, 3.8) is 0 Å². The van der Waals surface area contributed by atoms with Crippen LogP contribution >= 0.6 is 0 Å². The first-order valence-electron chi connectivity index (χ1n) is 7.06. The van der Waals surface area contributed by atoms with Crippen molar-refractivity contribution in [2.24, 2.45) is 0 Å². The van der Waals surface area contributed by atoms with E-state index in [0.717, 1.165) is 12.8 Å². The lowest BCUT2D eigenvalue weighted by Gasteiger charge is -2.25. The summed E-state index contributed by atoms with van der Waals surface area (Å²) >= 11 is 0. The van der Waals surface area contributed by atoms with Gasteiger partial charge in [-0.2, -0.15) is 0 Å². The van der Waals surface area contributed by atoms with E-state index in [1.807, 2.05) is 0 Å². The van der Waals surface area contributed by atoms with Crippen LogP contribution < -0.4 is 0 Å². The smallest absolute Gasteiger partial charge is 0.309 e. The van der Waals surface area contributed by atoms with Gasteiger partial charge in [0.2, 0.25) is 0 Å². The predicted octanol–water partition coefficient (Wildman–Crippen LogP) is 3.91. The van der Waals surface area contributed by atoms with Gasteiger partial charge in [-0.15, -0.1) is 0 Å². The van der Waals surface area contributed by atoms with Crippen LogP contribution in [0, 0.1) is 6.92 Å². The second kappa shape index (κ2) is 5.49. The number of carbonyl (C=O) groups excluding carboxylic acids is 1. The van der Waals surface area contributed by atoms with Crippen LogP contribution in [-0.2, 0) is 16.0 Å². The van der Waals surface area contributed by atoms with Crippen molar-refractivity contribution < 1.29 is 9.53 Å². The third-order valence-corrected chi connectivity index (χ3v) is 3.79. The second-order valence-corrected chi connectivity index (χ2v) is 5.42. The molecular weight excluding hydrogens is 248 g/mol. The lowest BCUT2D eigenvalue weighted by molar-refractivity contribution is -0.169. The molecule has 1 aliphatic rings. The van der Waals surface area contributed by atoms with Crippen molar-refractivity contribution in [2.75, 3.05) is 0 Å². The summed E-state index contributed by atoms with van der Waals surface area (Å²) in [5.41, 5.74) is 5.06. The molecule has 1 atom stereocenters. The third-order valence-electron chi connectivity index (χ3n) is 3.79. The van der Waals surface area contributed by atoms with E-state index in [-0.39, 0.29) is 12.1 Å². The molecule has 20 heavy (non-hydrogen) atoms. The van der Waals surface area contributed by atoms with Gasteiger partial charge >= 0.3 is 5.97 Å². The Hall–Kier alpha value is -2.09. The summed E-state index contributed by atoms with van der Waals surface area (Å²) in [5, 5.41) is 0. The summed E-state index contributed by atoms with van der Waals surface area (Å²) in [4.78, 5) is 10.7. The normalized spacial score (nSPS) is 17.4. The molecule has 1 heterocycles. The minimum absolute atomic E-state index is 0.0651. The molecule has 0 spiro atoms. The minimum atomic E-state index is -0.0651. The molecular formula is C18H18O2. The van der Waals surface area contributed by atoms with Crippen LogP contribution in [0.5, 0.6) is 0 Å². The third kappa shape index (κ3) is 2.90. The zero-order chi connectivity index (χ0) is 13.9. The van der Waals surface area contributed by atoms with Gasteiger partial charge in [0.15, 0.2) is 0 Å². The van der Waals surface area contributed by atoms with Gasteiger partial charge in [-0.1, -0.05) is 54.1 Å². The predicted molar refractivity (Wildman–Crippen MR) is 79.4 cm³/mol. The number of hydrogen-bond acceptors (Lipinski definition) is 2. The number of esters is 1. The highest BCUT2D eigenvalue weighted by atomic mass is 16.6. The second-order valence-electron chi connectivity index (χ2n) is 5.42. The van der Waals surface area contributed by atoms with E-state index in [0.29, 0.717) is 6.42 Å². The van der Waals surface area contributed by atoms with Crippen LogP contribution in [0.3, 0.4) is 0 Å². The Morgan fingerprint density at radius 1 is 1.00 bits per heavy atom. The van der Waals surface area contributed by atoms with Crippen molar-refractivity contribution >= 4 is 5.97 Å². The molecule has 2 aromatic carbocycles. The number of ether oxygens (including phenoxy) is 1. The van der Waals surface area contributed by atoms with E-state index < -0.39 is 0 Å². The van der Waals surface area contributed by atoms with E-state index >= 15 is 0 Å². The van der Waals surface area contributed by atoms with Gasteiger partial charge in [-0.3, -0.25) is 4.79 Å². The molecule has 1 saturated heterocycles. The van der Waals surface area contributed by atoms with Crippen LogP contribution in [-0.4, -0.2) is 12.1 Å². The highest BCUT2D eigenvalue weighted by Gasteiger charge is 2.27. The summed E-state index contributed by atoms with van der Waals surface area (Å²) in [6, 6.07) is 17.2. The van der Waals surface area contributed by atoms with E-state index in [1.165, 1.54) is 22.3 Å². The van der Waals surface area contributed by atoms with E-state index in [1.54, 1.807) is 0 Å². The number of benzene rings is 2. The van der Waals surface area contributed by atoms with Crippen molar-refractivity contribution in [1.29, 1.82) is 0 Å². The fourth-order valence-electron chi connectivity index (χ4n) is 2.46. The van der Waals surface area contributed by atoms with Crippen molar-refractivity contribution in [2.45, 2.75) is 32.3 Å². The summed E-state index contributed by atoms with van der Waals surface area (Å²) < 4.78 is 5.03. The van der Waals surface area contributed by atoms with Gasteiger partial charge < -0.3 is 4.74 Å². The molecule has 0 saturated carbocycles. The Balaban J connectivity index is 1.62. The average Bonchev–Trinajstić information content (AvgIpc) is 2.44. The summed E-state index contributed by atoms with van der Waals surface area (Å²) in [5.74, 6) is -0.0651. The molecule has 102 valence electrons. The molecule has 0 aromatic heterocycles. The zero-order valence-electron chi connectivity index (χ0n) is 11.6. The molecule has 2 heteroatoms. The molecule has 1 fully saturated rings. The standard InChI is InChI=1S/C18H18O2/c1-13-2-7-15(8-3-13)16-9-4-14(5-10-16)6-11-17-12-18(19)20-17/h2-5,7-10,17H,6,11-12H2,1H3. The van der Waals surface area contributed by atoms with Crippen LogP contribution in [0.2, 0.25) is 0 Å². The maximum Gasteiger partial charge on any atom is 0.309 e. The Bertz CT molecular complexity index is 588. The lowest BCUT2D eigenvalue weighted by atomic mass is 9.99. The highest BCUT2D eigenvalue weighted by molar-refractivity contribution is 5.75. The molecule has 0 amide bonds. The van der Waals surface area contributed by atoms with E-state index in [2.05, 4.69) is 55.5 Å². The van der Waals surface area contributed by atoms with Gasteiger partial charge in [0, 0.05) is 0 Å². The molecule has 2 aromatic rings. The minimum Gasteiger partial charge on any atom is -0.462 e. The molecule has 1 unspecified atom stereocenters. The van der Waals surface area contributed by atoms with Gasteiger partial charge in [-0.05, 0) is 36.5 Å². The maximum absolute atomic E-state index is 10.7. The molecule has 0 aliphatic carbocycles. The first-order valence-corrected chi connectivity index (χ1v) is 7.06. The fraction of sp³-hybridized carbons (Fsp3) is 0.278. The van der Waals surface area contributed by atoms with Crippen LogP contribution in [0.4, 0.5) is 0 Å². The topological polar surface area (TPSA) is 26.3 Å². The lowest BCUT2D eigenvalue weighted by Crippen LogP contribution is -2.32. The van der Waals surface area contributed by atoms with E-state index in [9.17, 15) is 4.79 Å². The van der Waals surface area contributed by atoms with Gasteiger partial charge in [0.25, 0.3) is 0 Å². The van der Waals surface area contributed by atoms with Crippen molar-refractivity contribution in [3.05, 3.63) is 59.7 Å². The van der Waals surface area contributed by atoms with Gasteiger partial charge in [0.05, 0.1) is 6.42 Å². The monoisotopic (exact) mass is 266 g/mol. The average molecular weight is 266 g/mol. The SMILES string of the molecule is Cc1ccc(-c2ccc(CCC3CC(=O)O3)cc2)cc1. The molecule has 3 rings (SSSR count).